The van der Waals surface area contributed by atoms with Gasteiger partial charge >= 0.3 is 0 Å². The van der Waals surface area contributed by atoms with Crippen LogP contribution in [0, 0.1) is 0 Å². The van der Waals surface area contributed by atoms with Crippen molar-refractivity contribution in [2.45, 2.75) is 13.8 Å². The Bertz CT molecular complexity index is 808. The molecule has 1 N–H and O–H groups in total. The summed E-state index contributed by atoms with van der Waals surface area (Å²) in [4.78, 5) is 10.9. The van der Waals surface area contributed by atoms with Crippen molar-refractivity contribution in [3.8, 4) is 5.75 Å². The van der Waals surface area contributed by atoms with Crippen LogP contribution in [0.4, 0.5) is 23.0 Å². The predicted octanol–water partition coefficient (Wildman–Crippen LogP) is 4.78. The first kappa shape index (κ1) is 16.8. The standard InChI is InChI=1S/C20H22N4O/c1-3-24(16-10-6-5-7-11-16)20-14-19(21-15-22-20)23-17-12-8-9-13-18(17)25-4-2/h5-15H,3-4H2,1-2H3,(H,21,22,23). The van der Waals surface area contributed by atoms with Crippen LogP contribution in [0.25, 0.3) is 0 Å². The average Bonchev–Trinajstić information content (AvgIpc) is 2.65. The van der Waals surface area contributed by atoms with Crippen molar-refractivity contribution in [3.05, 3.63) is 67.0 Å². The SMILES string of the molecule is CCOc1ccccc1Nc1cc(N(CC)c2ccccc2)ncn1. The molecule has 0 bridgehead atoms. The highest BCUT2D eigenvalue weighted by molar-refractivity contribution is 5.67. The van der Waals surface area contributed by atoms with E-state index in [0.717, 1.165) is 35.3 Å². The lowest BCUT2D eigenvalue weighted by molar-refractivity contribution is 0.342. The van der Waals surface area contributed by atoms with Gasteiger partial charge in [0.15, 0.2) is 0 Å². The van der Waals surface area contributed by atoms with Gasteiger partial charge in [-0.3, -0.25) is 0 Å². The summed E-state index contributed by atoms with van der Waals surface area (Å²) in [5.41, 5.74) is 1.99. The van der Waals surface area contributed by atoms with Crippen molar-refractivity contribution >= 4 is 23.0 Å². The van der Waals surface area contributed by atoms with Gasteiger partial charge in [-0.2, -0.15) is 0 Å². The number of ether oxygens (including phenoxy) is 1. The highest BCUT2D eigenvalue weighted by Gasteiger charge is 2.10. The van der Waals surface area contributed by atoms with Crippen LogP contribution in [0.1, 0.15) is 13.8 Å². The van der Waals surface area contributed by atoms with Gasteiger partial charge in [-0.1, -0.05) is 30.3 Å². The van der Waals surface area contributed by atoms with Gasteiger partial charge in [0.2, 0.25) is 0 Å². The third-order valence-corrected chi connectivity index (χ3v) is 3.76. The molecule has 3 aromatic rings. The first-order valence-corrected chi connectivity index (χ1v) is 8.45. The normalized spacial score (nSPS) is 10.3. The van der Waals surface area contributed by atoms with E-state index >= 15 is 0 Å². The molecule has 2 aromatic carbocycles. The van der Waals surface area contributed by atoms with Gasteiger partial charge in [-0.15, -0.1) is 0 Å². The van der Waals surface area contributed by atoms with Gasteiger partial charge < -0.3 is 15.0 Å². The molecule has 0 saturated heterocycles. The molecular weight excluding hydrogens is 312 g/mol. The van der Waals surface area contributed by atoms with E-state index in [0.29, 0.717) is 6.61 Å². The van der Waals surface area contributed by atoms with E-state index in [4.69, 9.17) is 4.74 Å². The molecule has 25 heavy (non-hydrogen) atoms. The van der Waals surface area contributed by atoms with Crippen LogP contribution in [0.5, 0.6) is 5.75 Å². The first-order valence-electron chi connectivity index (χ1n) is 8.45. The molecule has 0 saturated carbocycles. The van der Waals surface area contributed by atoms with E-state index < -0.39 is 0 Å². The number of rotatable bonds is 7. The summed E-state index contributed by atoms with van der Waals surface area (Å²) in [6, 6.07) is 20.0. The van der Waals surface area contributed by atoms with E-state index in [2.05, 4.69) is 39.2 Å². The Kier molecular flexibility index (Phi) is 5.46. The number of para-hydroxylation sites is 3. The predicted molar refractivity (Wildman–Crippen MR) is 102 cm³/mol. The zero-order chi connectivity index (χ0) is 17.5. The van der Waals surface area contributed by atoms with Crippen molar-refractivity contribution in [2.24, 2.45) is 0 Å². The lowest BCUT2D eigenvalue weighted by Crippen LogP contribution is -2.17. The molecule has 5 nitrogen and oxygen atoms in total. The number of benzene rings is 2. The van der Waals surface area contributed by atoms with Crippen molar-refractivity contribution in [3.63, 3.8) is 0 Å². The lowest BCUT2D eigenvalue weighted by atomic mass is 10.2. The number of aromatic nitrogens is 2. The van der Waals surface area contributed by atoms with E-state index in [1.165, 1.54) is 0 Å². The molecule has 1 heterocycles. The maximum Gasteiger partial charge on any atom is 0.142 e. The Morgan fingerprint density at radius 2 is 1.72 bits per heavy atom. The molecule has 0 fully saturated rings. The monoisotopic (exact) mass is 334 g/mol. The molecule has 5 heteroatoms. The highest BCUT2D eigenvalue weighted by atomic mass is 16.5. The largest absolute Gasteiger partial charge is 0.492 e. The van der Waals surface area contributed by atoms with Crippen molar-refractivity contribution in [1.82, 2.24) is 9.97 Å². The number of anilines is 4. The second-order valence-corrected chi connectivity index (χ2v) is 5.40. The minimum Gasteiger partial charge on any atom is -0.492 e. The second kappa shape index (κ2) is 8.15. The molecule has 0 radical (unpaired) electrons. The van der Waals surface area contributed by atoms with E-state index in [1.807, 2.05) is 55.5 Å². The zero-order valence-electron chi connectivity index (χ0n) is 14.5. The molecule has 0 unspecified atom stereocenters. The summed E-state index contributed by atoms with van der Waals surface area (Å²) in [7, 11) is 0. The Morgan fingerprint density at radius 1 is 0.960 bits per heavy atom. The summed E-state index contributed by atoms with van der Waals surface area (Å²) in [5, 5.41) is 3.33. The molecule has 3 rings (SSSR count). The van der Waals surface area contributed by atoms with Crippen molar-refractivity contribution < 1.29 is 4.74 Å². The second-order valence-electron chi connectivity index (χ2n) is 5.40. The van der Waals surface area contributed by atoms with Gasteiger partial charge in [0.1, 0.15) is 23.7 Å². The van der Waals surface area contributed by atoms with E-state index in [1.54, 1.807) is 6.33 Å². The fraction of sp³-hybridized carbons (Fsp3) is 0.200. The van der Waals surface area contributed by atoms with Crippen LogP contribution in [-0.2, 0) is 0 Å². The molecule has 0 aliphatic rings. The Balaban J connectivity index is 1.87. The number of hydrogen-bond acceptors (Lipinski definition) is 5. The summed E-state index contributed by atoms with van der Waals surface area (Å²) >= 11 is 0. The van der Waals surface area contributed by atoms with E-state index in [-0.39, 0.29) is 0 Å². The van der Waals surface area contributed by atoms with Crippen LogP contribution < -0.4 is 15.0 Å². The molecule has 0 atom stereocenters. The van der Waals surface area contributed by atoms with Gasteiger partial charge in [0, 0.05) is 18.3 Å². The minimum atomic E-state index is 0.616. The smallest absolute Gasteiger partial charge is 0.142 e. The fourth-order valence-corrected chi connectivity index (χ4v) is 2.64. The number of nitrogens with one attached hydrogen (secondary N) is 1. The van der Waals surface area contributed by atoms with Gasteiger partial charge in [-0.25, -0.2) is 9.97 Å². The molecule has 0 amide bonds. The summed E-state index contributed by atoms with van der Waals surface area (Å²) in [6.45, 7) is 5.51. The molecule has 0 aliphatic heterocycles. The maximum atomic E-state index is 5.66. The maximum absolute atomic E-state index is 5.66. The lowest BCUT2D eigenvalue weighted by Gasteiger charge is -2.22. The van der Waals surface area contributed by atoms with Crippen LogP contribution in [0.15, 0.2) is 67.0 Å². The van der Waals surface area contributed by atoms with Gasteiger partial charge in [0.05, 0.1) is 12.3 Å². The first-order chi connectivity index (χ1) is 12.3. The zero-order valence-corrected chi connectivity index (χ0v) is 14.5. The third-order valence-electron chi connectivity index (χ3n) is 3.76. The molecular formula is C20H22N4O. The third kappa shape index (κ3) is 4.07. The average molecular weight is 334 g/mol. The van der Waals surface area contributed by atoms with E-state index in [9.17, 15) is 0 Å². The summed E-state index contributed by atoms with van der Waals surface area (Å²) in [6.07, 6.45) is 1.58. The molecule has 0 aliphatic carbocycles. The molecule has 0 spiro atoms. The van der Waals surface area contributed by atoms with Gasteiger partial charge in [-0.05, 0) is 38.1 Å². The van der Waals surface area contributed by atoms with Crippen LogP contribution >= 0.6 is 0 Å². The number of hydrogen-bond donors (Lipinski definition) is 1. The van der Waals surface area contributed by atoms with Crippen LogP contribution in [-0.4, -0.2) is 23.1 Å². The highest BCUT2D eigenvalue weighted by Crippen LogP contribution is 2.29. The summed E-state index contributed by atoms with van der Waals surface area (Å²) in [5.74, 6) is 2.38. The Labute approximate surface area is 148 Å². The summed E-state index contributed by atoms with van der Waals surface area (Å²) < 4.78 is 5.66. The minimum absolute atomic E-state index is 0.616. The van der Waals surface area contributed by atoms with Crippen LogP contribution in [0.2, 0.25) is 0 Å². The quantitative estimate of drug-likeness (QED) is 0.674. The van der Waals surface area contributed by atoms with Crippen molar-refractivity contribution in [1.29, 1.82) is 0 Å². The van der Waals surface area contributed by atoms with Crippen LogP contribution in [0.3, 0.4) is 0 Å². The fourth-order valence-electron chi connectivity index (χ4n) is 2.64. The Morgan fingerprint density at radius 3 is 2.48 bits per heavy atom. The molecule has 1 aromatic heterocycles. The number of nitrogens with zero attached hydrogens (tertiary/aromatic N) is 3. The topological polar surface area (TPSA) is 50.3 Å². The van der Waals surface area contributed by atoms with Gasteiger partial charge in [0.25, 0.3) is 0 Å². The molecule has 128 valence electrons. The Hall–Kier alpha value is -3.08. The van der Waals surface area contributed by atoms with Crippen molar-refractivity contribution in [2.75, 3.05) is 23.4 Å².